The van der Waals surface area contributed by atoms with E-state index in [9.17, 15) is 4.79 Å². The minimum atomic E-state index is 0.202. The molecule has 2 amide bonds. The lowest BCUT2D eigenvalue weighted by molar-refractivity contribution is 0.128. The van der Waals surface area contributed by atoms with Crippen LogP contribution in [0.15, 0.2) is 43.0 Å². The second-order valence-electron chi connectivity index (χ2n) is 7.04. The number of carbonyl (C=O) groups is 1. The number of aromatic nitrogens is 2. The highest BCUT2D eigenvalue weighted by molar-refractivity contribution is 5.76. The van der Waals surface area contributed by atoms with E-state index >= 15 is 0 Å². The molecule has 1 aromatic heterocycles. The lowest BCUT2D eigenvalue weighted by Crippen LogP contribution is -2.46. The van der Waals surface area contributed by atoms with E-state index in [1.54, 1.807) is 6.20 Å². The fourth-order valence-electron chi connectivity index (χ4n) is 3.84. The lowest BCUT2D eigenvalue weighted by Gasteiger charge is -2.36. The van der Waals surface area contributed by atoms with Gasteiger partial charge in [0.25, 0.3) is 0 Å². The summed E-state index contributed by atoms with van der Waals surface area (Å²) in [5, 5.41) is 0. The molecule has 4 rings (SSSR count). The summed E-state index contributed by atoms with van der Waals surface area (Å²) < 4.78 is 2.01. The van der Waals surface area contributed by atoms with Crippen molar-refractivity contribution in [2.45, 2.75) is 25.4 Å². The van der Waals surface area contributed by atoms with Gasteiger partial charge in [0.05, 0.1) is 6.33 Å². The van der Waals surface area contributed by atoms with Crippen molar-refractivity contribution in [2.75, 3.05) is 33.2 Å². The van der Waals surface area contributed by atoms with Crippen molar-refractivity contribution in [3.63, 3.8) is 0 Å². The van der Waals surface area contributed by atoms with Crippen LogP contribution >= 0.6 is 0 Å². The number of carbonyl (C=O) groups excluding carboxylic acids is 1. The maximum absolute atomic E-state index is 12.1. The molecular weight excluding hydrogens is 314 g/mol. The van der Waals surface area contributed by atoms with E-state index in [1.807, 2.05) is 29.0 Å². The predicted molar refractivity (Wildman–Crippen MR) is 96.6 cm³/mol. The Morgan fingerprint density at radius 3 is 2.44 bits per heavy atom. The molecule has 0 spiro atoms. The third-order valence-electron chi connectivity index (χ3n) is 5.39. The van der Waals surface area contributed by atoms with E-state index in [0.717, 1.165) is 51.3 Å². The summed E-state index contributed by atoms with van der Waals surface area (Å²) in [7, 11) is 1.89. The van der Waals surface area contributed by atoms with Gasteiger partial charge in [-0.1, -0.05) is 12.1 Å². The van der Waals surface area contributed by atoms with E-state index in [4.69, 9.17) is 0 Å². The van der Waals surface area contributed by atoms with Gasteiger partial charge in [0.1, 0.15) is 0 Å². The topological polar surface area (TPSA) is 44.6 Å². The molecule has 132 valence electrons. The highest BCUT2D eigenvalue weighted by Gasteiger charge is 2.33. The minimum Gasteiger partial charge on any atom is -0.326 e. The van der Waals surface area contributed by atoms with Crippen LogP contribution in [0.5, 0.6) is 0 Å². The predicted octanol–water partition coefficient (Wildman–Crippen LogP) is 2.20. The van der Waals surface area contributed by atoms with Crippen LogP contribution < -0.4 is 0 Å². The molecule has 2 saturated heterocycles. The molecule has 2 aliphatic heterocycles. The molecule has 6 heteroatoms. The van der Waals surface area contributed by atoms with Crippen molar-refractivity contribution in [1.82, 2.24) is 24.3 Å². The van der Waals surface area contributed by atoms with Gasteiger partial charge in [-0.05, 0) is 30.5 Å². The van der Waals surface area contributed by atoms with Gasteiger partial charge in [-0.3, -0.25) is 4.90 Å². The van der Waals surface area contributed by atoms with Gasteiger partial charge < -0.3 is 14.4 Å². The van der Waals surface area contributed by atoms with Crippen LogP contribution in [0.1, 0.15) is 18.4 Å². The van der Waals surface area contributed by atoms with Crippen LogP contribution in [0, 0.1) is 0 Å². The molecule has 0 N–H and O–H groups in total. The van der Waals surface area contributed by atoms with Crippen LogP contribution in [0.25, 0.3) is 5.69 Å². The highest BCUT2D eigenvalue weighted by atomic mass is 16.2. The van der Waals surface area contributed by atoms with Gasteiger partial charge in [-0.2, -0.15) is 0 Å². The fraction of sp³-hybridized carbons (Fsp3) is 0.474. The summed E-state index contributed by atoms with van der Waals surface area (Å²) in [4.78, 5) is 22.6. The number of amides is 2. The van der Waals surface area contributed by atoms with Gasteiger partial charge in [0.2, 0.25) is 0 Å². The average molecular weight is 339 g/mol. The van der Waals surface area contributed by atoms with Crippen molar-refractivity contribution >= 4 is 6.03 Å². The summed E-state index contributed by atoms with van der Waals surface area (Å²) in [6.45, 7) is 4.84. The second-order valence-corrected chi connectivity index (χ2v) is 7.04. The number of likely N-dealkylation sites (tertiary alicyclic amines) is 1. The van der Waals surface area contributed by atoms with E-state index in [-0.39, 0.29) is 6.03 Å². The molecule has 3 heterocycles. The quantitative estimate of drug-likeness (QED) is 0.858. The van der Waals surface area contributed by atoms with Crippen molar-refractivity contribution in [3.8, 4) is 5.69 Å². The zero-order chi connectivity index (χ0) is 17.2. The Labute approximate surface area is 148 Å². The normalized spacial score (nSPS) is 19.8. The molecule has 0 atom stereocenters. The highest BCUT2D eigenvalue weighted by Crippen LogP contribution is 2.22. The molecule has 25 heavy (non-hydrogen) atoms. The standard InChI is InChI=1S/C19H25N5O/c1-21-12-13-24(19(21)25)18-6-9-22(10-7-18)14-16-2-4-17(5-3-16)23-11-8-20-15-23/h2-5,8,11,15,18H,6-7,9-10,12-14H2,1H3. The number of rotatable bonds is 4. The zero-order valence-corrected chi connectivity index (χ0v) is 14.7. The Bertz CT molecular complexity index is 704. The van der Waals surface area contributed by atoms with Crippen molar-refractivity contribution in [3.05, 3.63) is 48.5 Å². The molecule has 2 aromatic rings. The summed E-state index contributed by atoms with van der Waals surface area (Å²) in [5.41, 5.74) is 2.47. The summed E-state index contributed by atoms with van der Waals surface area (Å²) in [6.07, 6.45) is 7.72. The number of hydrogen-bond donors (Lipinski definition) is 0. The summed E-state index contributed by atoms with van der Waals surface area (Å²) in [5.74, 6) is 0. The van der Waals surface area contributed by atoms with Crippen LogP contribution in [0.2, 0.25) is 0 Å². The number of urea groups is 1. The third kappa shape index (κ3) is 3.39. The largest absolute Gasteiger partial charge is 0.326 e. The molecule has 0 aliphatic carbocycles. The Balaban J connectivity index is 1.31. The molecule has 2 aliphatic rings. The number of likely N-dealkylation sites (N-methyl/N-ethyl adjacent to an activating group) is 1. The molecule has 1 aromatic carbocycles. The first-order valence-electron chi connectivity index (χ1n) is 9.02. The smallest absolute Gasteiger partial charge is 0.320 e. The molecular formula is C19H25N5O. The van der Waals surface area contributed by atoms with Crippen molar-refractivity contribution in [1.29, 1.82) is 0 Å². The first kappa shape index (κ1) is 16.1. The van der Waals surface area contributed by atoms with Crippen molar-refractivity contribution in [2.24, 2.45) is 0 Å². The Hall–Kier alpha value is -2.34. The molecule has 0 unspecified atom stereocenters. The van der Waals surface area contributed by atoms with Crippen molar-refractivity contribution < 1.29 is 4.79 Å². The summed E-state index contributed by atoms with van der Waals surface area (Å²) in [6, 6.07) is 9.29. The molecule has 2 fully saturated rings. The van der Waals surface area contributed by atoms with Gasteiger partial charge in [0, 0.05) is 63.9 Å². The SMILES string of the molecule is CN1CCN(C2CCN(Cc3ccc(-n4ccnc4)cc3)CC2)C1=O. The molecule has 0 bridgehead atoms. The molecule has 0 saturated carbocycles. The number of piperidine rings is 1. The Morgan fingerprint density at radius 1 is 1.08 bits per heavy atom. The Morgan fingerprint density at radius 2 is 1.84 bits per heavy atom. The number of nitrogens with zero attached hydrogens (tertiary/aromatic N) is 5. The first-order chi connectivity index (χ1) is 12.2. The average Bonchev–Trinajstić information content (AvgIpc) is 3.28. The lowest BCUT2D eigenvalue weighted by atomic mass is 10.0. The first-order valence-corrected chi connectivity index (χ1v) is 9.02. The van der Waals surface area contributed by atoms with Crippen LogP contribution in [-0.4, -0.2) is 69.6 Å². The number of imidazole rings is 1. The number of hydrogen-bond acceptors (Lipinski definition) is 3. The Kier molecular flexibility index (Phi) is 4.44. The maximum atomic E-state index is 12.1. The maximum Gasteiger partial charge on any atom is 0.320 e. The van der Waals surface area contributed by atoms with E-state index in [2.05, 4.69) is 39.0 Å². The molecule has 0 radical (unpaired) electrons. The minimum absolute atomic E-state index is 0.202. The van der Waals surface area contributed by atoms with Crippen LogP contribution in [0.3, 0.4) is 0 Å². The summed E-state index contributed by atoms with van der Waals surface area (Å²) >= 11 is 0. The van der Waals surface area contributed by atoms with Gasteiger partial charge >= 0.3 is 6.03 Å². The van der Waals surface area contributed by atoms with E-state index in [0.29, 0.717) is 6.04 Å². The van der Waals surface area contributed by atoms with E-state index < -0.39 is 0 Å². The van der Waals surface area contributed by atoms with Crippen LogP contribution in [-0.2, 0) is 6.54 Å². The fourth-order valence-corrected chi connectivity index (χ4v) is 3.84. The van der Waals surface area contributed by atoms with Gasteiger partial charge in [0.15, 0.2) is 0 Å². The zero-order valence-electron chi connectivity index (χ0n) is 14.7. The van der Waals surface area contributed by atoms with E-state index in [1.165, 1.54) is 5.56 Å². The number of benzene rings is 1. The van der Waals surface area contributed by atoms with Gasteiger partial charge in [-0.15, -0.1) is 0 Å². The second kappa shape index (κ2) is 6.88. The third-order valence-corrected chi connectivity index (χ3v) is 5.39. The monoisotopic (exact) mass is 339 g/mol. The molecule has 6 nitrogen and oxygen atoms in total. The van der Waals surface area contributed by atoms with Crippen LogP contribution in [0.4, 0.5) is 4.79 Å². The van der Waals surface area contributed by atoms with Gasteiger partial charge in [-0.25, -0.2) is 9.78 Å².